The Morgan fingerprint density at radius 2 is 2.38 bits per heavy atom. The van der Waals surface area contributed by atoms with Crippen molar-refractivity contribution < 1.29 is 0 Å². The highest BCUT2D eigenvalue weighted by atomic mass is 32.2. The molecule has 0 aliphatic heterocycles. The van der Waals surface area contributed by atoms with Crippen LogP contribution in [0.4, 0.5) is 0 Å². The predicted octanol–water partition coefficient (Wildman–Crippen LogP) is 2.15. The van der Waals surface area contributed by atoms with E-state index in [2.05, 4.69) is 19.1 Å². The number of thioether (sulfide) groups is 1. The maximum absolute atomic E-state index is 5.12. The molecular formula is C7H12S. The summed E-state index contributed by atoms with van der Waals surface area (Å²) in [5.41, 5.74) is 0. The molecule has 0 amide bonds. The van der Waals surface area contributed by atoms with Crippen LogP contribution in [0, 0.1) is 12.3 Å². The SMILES string of the molecule is C#CCC(CC)SC. The Morgan fingerprint density at radius 3 is 2.50 bits per heavy atom. The Balaban J connectivity index is 3.25. The van der Waals surface area contributed by atoms with Crippen molar-refractivity contribution in [3.63, 3.8) is 0 Å². The predicted molar refractivity (Wildman–Crippen MR) is 41.0 cm³/mol. The van der Waals surface area contributed by atoms with E-state index in [1.54, 1.807) is 0 Å². The number of hydrogen-bond acceptors (Lipinski definition) is 1. The molecule has 0 aliphatic carbocycles. The topological polar surface area (TPSA) is 0 Å². The molecule has 1 unspecified atom stereocenters. The minimum Gasteiger partial charge on any atom is -0.161 e. The van der Waals surface area contributed by atoms with Crippen LogP contribution in [0.5, 0.6) is 0 Å². The smallest absolute Gasteiger partial charge is 0.0205 e. The molecule has 8 heavy (non-hydrogen) atoms. The van der Waals surface area contributed by atoms with Gasteiger partial charge in [-0.2, -0.15) is 11.8 Å². The van der Waals surface area contributed by atoms with Crippen LogP contribution < -0.4 is 0 Å². The maximum atomic E-state index is 5.12. The molecule has 0 rings (SSSR count). The standard InChI is InChI=1S/C7H12S/c1-4-6-7(5-2)8-3/h1,7H,5-6H2,2-3H3. The Bertz CT molecular complexity index is 76.9. The van der Waals surface area contributed by atoms with Crippen LogP contribution >= 0.6 is 11.8 Å². The van der Waals surface area contributed by atoms with Gasteiger partial charge in [-0.25, -0.2) is 0 Å². The average Bonchev–Trinajstić information content (AvgIpc) is 1.83. The Hall–Kier alpha value is -0.0900. The van der Waals surface area contributed by atoms with Crippen molar-refractivity contribution in [3.05, 3.63) is 0 Å². The lowest BCUT2D eigenvalue weighted by Crippen LogP contribution is -1.96. The van der Waals surface area contributed by atoms with E-state index in [4.69, 9.17) is 6.42 Å². The first-order chi connectivity index (χ1) is 3.85. The summed E-state index contributed by atoms with van der Waals surface area (Å²) in [6, 6.07) is 0. The van der Waals surface area contributed by atoms with Gasteiger partial charge in [0.15, 0.2) is 0 Å². The fraction of sp³-hybridized carbons (Fsp3) is 0.714. The van der Waals surface area contributed by atoms with Crippen LogP contribution in [-0.4, -0.2) is 11.5 Å². The summed E-state index contributed by atoms with van der Waals surface area (Å²) in [6.45, 7) is 2.17. The van der Waals surface area contributed by atoms with Crippen LogP contribution in [0.2, 0.25) is 0 Å². The molecule has 0 spiro atoms. The van der Waals surface area contributed by atoms with Gasteiger partial charge >= 0.3 is 0 Å². The Morgan fingerprint density at radius 1 is 1.75 bits per heavy atom. The first-order valence-electron chi connectivity index (χ1n) is 2.81. The molecule has 0 radical (unpaired) electrons. The van der Waals surface area contributed by atoms with Crippen LogP contribution in [0.1, 0.15) is 19.8 Å². The second-order valence-corrected chi connectivity index (χ2v) is 2.81. The number of rotatable bonds is 3. The van der Waals surface area contributed by atoms with Gasteiger partial charge in [-0.15, -0.1) is 12.3 Å². The molecule has 0 bridgehead atoms. The molecule has 0 saturated carbocycles. The van der Waals surface area contributed by atoms with Crippen molar-refractivity contribution in [1.29, 1.82) is 0 Å². The van der Waals surface area contributed by atoms with Gasteiger partial charge in [0, 0.05) is 11.7 Å². The van der Waals surface area contributed by atoms with E-state index < -0.39 is 0 Å². The van der Waals surface area contributed by atoms with E-state index in [9.17, 15) is 0 Å². The third-order valence-electron chi connectivity index (χ3n) is 1.13. The van der Waals surface area contributed by atoms with Crippen molar-refractivity contribution in [1.82, 2.24) is 0 Å². The molecule has 0 aliphatic rings. The lowest BCUT2D eigenvalue weighted by Gasteiger charge is -2.04. The first kappa shape index (κ1) is 7.91. The summed E-state index contributed by atoms with van der Waals surface area (Å²) in [7, 11) is 0. The van der Waals surface area contributed by atoms with Gasteiger partial charge in [0.05, 0.1) is 0 Å². The molecule has 0 nitrogen and oxygen atoms in total. The molecule has 0 aromatic carbocycles. The summed E-state index contributed by atoms with van der Waals surface area (Å²) in [5.74, 6) is 2.65. The second-order valence-electron chi connectivity index (χ2n) is 1.67. The molecule has 0 heterocycles. The lowest BCUT2D eigenvalue weighted by molar-refractivity contribution is 0.852. The highest BCUT2D eigenvalue weighted by molar-refractivity contribution is 7.99. The average molecular weight is 128 g/mol. The zero-order valence-electron chi connectivity index (χ0n) is 5.48. The number of hydrogen-bond donors (Lipinski definition) is 0. The summed E-state index contributed by atoms with van der Waals surface area (Å²) < 4.78 is 0. The molecule has 1 heteroatoms. The minimum atomic E-state index is 0.681. The first-order valence-corrected chi connectivity index (χ1v) is 4.10. The summed E-state index contributed by atoms with van der Waals surface area (Å²) in [5, 5.41) is 0.681. The van der Waals surface area contributed by atoms with Crippen molar-refractivity contribution in [2.24, 2.45) is 0 Å². The molecule has 0 N–H and O–H groups in total. The van der Waals surface area contributed by atoms with E-state index in [0.717, 1.165) is 6.42 Å². The van der Waals surface area contributed by atoms with Crippen molar-refractivity contribution >= 4 is 11.8 Å². The van der Waals surface area contributed by atoms with E-state index in [1.807, 2.05) is 11.8 Å². The summed E-state index contributed by atoms with van der Waals surface area (Å²) >= 11 is 1.85. The van der Waals surface area contributed by atoms with Crippen LogP contribution in [0.15, 0.2) is 0 Å². The maximum Gasteiger partial charge on any atom is 0.0205 e. The van der Waals surface area contributed by atoms with Crippen LogP contribution in [0.3, 0.4) is 0 Å². The molecule has 0 fully saturated rings. The van der Waals surface area contributed by atoms with Crippen molar-refractivity contribution in [2.45, 2.75) is 25.0 Å². The molecule has 0 aromatic rings. The molecule has 46 valence electrons. The van der Waals surface area contributed by atoms with Crippen LogP contribution in [0.25, 0.3) is 0 Å². The zero-order valence-corrected chi connectivity index (χ0v) is 6.29. The minimum absolute atomic E-state index is 0.681. The Labute approximate surface area is 56.1 Å². The lowest BCUT2D eigenvalue weighted by atomic mass is 10.2. The van der Waals surface area contributed by atoms with Crippen molar-refractivity contribution in [2.75, 3.05) is 6.26 Å². The second kappa shape index (κ2) is 5.05. The molecular weight excluding hydrogens is 116 g/mol. The number of terminal acetylenes is 1. The van der Waals surface area contributed by atoms with E-state index in [-0.39, 0.29) is 0 Å². The summed E-state index contributed by atoms with van der Waals surface area (Å²) in [6.07, 6.45) is 9.32. The monoisotopic (exact) mass is 128 g/mol. The van der Waals surface area contributed by atoms with E-state index >= 15 is 0 Å². The van der Waals surface area contributed by atoms with Gasteiger partial charge < -0.3 is 0 Å². The Kier molecular flexibility index (Phi) is 5.00. The molecule has 0 saturated heterocycles. The fourth-order valence-corrected chi connectivity index (χ4v) is 1.12. The van der Waals surface area contributed by atoms with Crippen LogP contribution in [-0.2, 0) is 0 Å². The van der Waals surface area contributed by atoms with E-state index in [1.165, 1.54) is 6.42 Å². The third kappa shape index (κ3) is 2.98. The van der Waals surface area contributed by atoms with Gasteiger partial charge in [-0.05, 0) is 12.7 Å². The highest BCUT2D eigenvalue weighted by Crippen LogP contribution is 2.12. The van der Waals surface area contributed by atoms with Gasteiger partial charge in [-0.1, -0.05) is 6.92 Å². The van der Waals surface area contributed by atoms with Gasteiger partial charge in [-0.3, -0.25) is 0 Å². The van der Waals surface area contributed by atoms with Gasteiger partial charge in [0.1, 0.15) is 0 Å². The third-order valence-corrected chi connectivity index (χ3v) is 2.30. The van der Waals surface area contributed by atoms with Gasteiger partial charge in [0.25, 0.3) is 0 Å². The normalized spacial score (nSPS) is 12.6. The quantitative estimate of drug-likeness (QED) is 0.525. The van der Waals surface area contributed by atoms with E-state index in [0.29, 0.717) is 5.25 Å². The van der Waals surface area contributed by atoms with Gasteiger partial charge in [0.2, 0.25) is 0 Å². The molecule has 0 aromatic heterocycles. The molecule has 1 atom stereocenters. The van der Waals surface area contributed by atoms with Crippen molar-refractivity contribution in [3.8, 4) is 12.3 Å². The highest BCUT2D eigenvalue weighted by Gasteiger charge is 1.98. The largest absolute Gasteiger partial charge is 0.161 e. The summed E-state index contributed by atoms with van der Waals surface area (Å²) in [4.78, 5) is 0. The fourth-order valence-electron chi connectivity index (χ4n) is 0.526. The zero-order chi connectivity index (χ0) is 6.41.